The van der Waals surface area contributed by atoms with Gasteiger partial charge in [-0.15, -0.1) is 0 Å². The number of nitrogens with one attached hydrogen (secondary N) is 1. The van der Waals surface area contributed by atoms with Crippen LogP contribution in [0.1, 0.15) is 43.8 Å². The molecule has 0 saturated heterocycles. The normalized spacial score (nSPS) is 10.4. The molecular weight excluding hydrogens is 186 g/mol. The second-order valence-electron chi connectivity index (χ2n) is 3.76. The van der Waals surface area contributed by atoms with E-state index in [1.807, 2.05) is 7.05 Å². The van der Waals surface area contributed by atoms with Crippen molar-refractivity contribution in [2.24, 2.45) is 0 Å². The third-order valence-electron chi connectivity index (χ3n) is 2.60. The molecule has 0 unspecified atom stereocenters. The Bertz CT molecular complexity index is 321. The van der Waals surface area contributed by atoms with Crippen LogP contribution in [-0.4, -0.2) is 17.0 Å². The Kier molecular flexibility index (Phi) is 4.53. The summed E-state index contributed by atoms with van der Waals surface area (Å²) in [6.45, 7) is 6.39. The molecule has 0 aliphatic heterocycles. The lowest BCUT2D eigenvalue weighted by molar-refractivity contribution is 0.745. The Morgan fingerprint density at radius 1 is 1.20 bits per heavy atom. The molecule has 3 heteroatoms. The van der Waals surface area contributed by atoms with Crippen molar-refractivity contribution < 1.29 is 0 Å². The Hall–Kier alpha value is -1.12. The fourth-order valence-electron chi connectivity index (χ4n) is 1.73. The first-order valence-corrected chi connectivity index (χ1v) is 5.77. The van der Waals surface area contributed by atoms with Gasteiger partial charge in [-0.05, 0) is 19.8 Å². The minimum absolute atomic E-state index is 0.968. The molecule has 0 atom stereocenters. The molecule has 3 nitrogen and oxygen atoms in total. The summed E-state index contributed by atoms with van der Waals surface area (Å²) in [6.07, 6.45) is 4.31. The first kappa shape index (κ1) is 12.0. The van der Waals surface area contributed by atoms with Crippen LogP contribution in [0.4, 0.5) is 5.82 Å². The van der Waals surface area contributed by atoms with Crippen molar-refractivity contribution in [3.05, 3.63) is 17.1 Å². The van der Waals surface area contributed by atoms with Crippen LogP contribution in [0.3, 0.4) is 0 Å². The van der Waals surface area contributed by atoms with Gasteiger partial charge < -0.3 is 5.32 Å². The molecule has 1 heterocycles. The molecule has 1 N–H and O–H groups in total. The van der Waals surface area contributed by atoms with Gasteiger partial charge >= 0.3 is 0 Å². The highest BCUT2D eigenvalue weighted by molar-refractivity contribution is 5.45. The molecule has 1 aromatic heterocycles. The average molecular weight is 207 g/mol. The van der Waals surface area contributed by atoms with E-state index in [-0.39, 0.29) is 0 Å². The van der Waals surface area contributed by atoms with Gasteiger partial charge in [0.05, 0.1) is 0 Å². The molecule has 0 aliphatic carbocycles. The molecule has 0 amide bonds. The highest BCUT2D eigenvalue weighted by Crippen LogP contribution is 2.17. The monoisotopic (exact) mass is 207 g/mol. The number of nitrogens with zero attached hydrogens (tertiary/aromatic N) is 2. The highest BCUT2D eigenvalue weighted by atomic mass is 15.0. The summed E-state index contributed by atoms with van der Waals surface area (Å²) in [5.74, 6) is 1.96. The minimum atomic E-state index is 0.968. The molecule has 0 fully saturated rings. The van der Waals surface area contributed by atoms with Crippen LogP contribution in [0.5, 0.6) is 0 Å². The molecule has 0 saturated carbocycles. The van der Waals surface area contributed by atoms with Gasteiger partial charge in [-0.3, -0.25) is 0 Å². The summed E-state index contributed by atoms with van der Waals surface area (Å²) in [7, 11) is 1.92. The van der Waals surface area contributed by atoms with Crippen LogP contribution in [0.15, 0.2) is 0 Å². The number of aromatic nitrogens is 2. The van der Waals surface area contributed by atoms with E-state index in [1.165, 1.54) is 12.0 Å². The average Bonchev–Trinajstić information content (AvgIpc) is 2.25. The Labute approximate surface area is 92.3 Å². The fourth-order valence-corrected chi connectivity index (χ4v) is 1.73. The first-order valence-electron chi connectivity index (χ1n) is 5.77. The maximum absolute atomic E-state index is 4.54. The number of aryl methyl sites for hydroxylation is 2. The van der Waals surface area contributed by atoms with Gasteiger partial charge in [-0.1, -0.05) is 20.3 Å². The maximum Gasteiger partial charge on any atom is 0.132 e. The van der Waals surface area contributed by atoms with E-state index in [0.29, 0.717) is 0 Å². The van der Waals surface area contributed by atoms with Gasteiger partial charge in [0.25, 0.3) is 0 Å². The lowest BCUT2D eigenvalue weighted by Gasteiger charge is -2.11. The molecule has 0 aromatic carbocycles. The largest absolute Gasteiger partial charge is 0.373 e. The third kappa shape index (κ3) is 2.91. The first-order chi connectivity index (χ1) is 7.22. The van der Waals surface area contributed by atoms with Crippen molar-refractivity contribution in [3.63, 3.8) is 0 Å². The number of unbranched alkanes of at least 4 members (excludes halogenated alkanes) is 1. The minimum Gasteiger partial charge on any atom is -0.373 e. The van der Waals surface area contributed by atoms with Crippen molar-refractivity contribution in [3.8, 4) is 0 Å². The molecular formula is C12H21N3. The van der Waals surface area contributed by atoms with E-state index >= 15 is 0 Å². The highest BCUT2D eigenvalue weighted by Gasteiger charge is 2.08. The number of hydrogen-bond donors (Lipinski definition) is 1. The van der Waals surface area contributed by atoms with E-state index in [2.05, 4.69) is 36.1 Å². The molecule has 0 bridgehead atoms. The van der Waals surface area contributed by atoms with Crippen molar-refractivity contribution in [2.45, 2.75) is 46.5 Å². The van der Waals surface area contributed by atoms with Gasteiger partial charge in [-0.25, -0.2) is 9.97 Å². The fraction of sp³-hybridized carbons (Fsp3) is 0.667. The van der Waals surface area contributed by atoms with Crippen LogP contribution >= 0.6 is 0 Å². The SMILES string of the molecule is CCCCc1nc(C)c(CC)c(NC)n1. The van der Waals surface area contributed by atoms with Gasteiger partial charge in [0.15, 0.2) is 0 Å². The smallest absolute Gasteiger partial charge is 0.132 e. The van der Waals surface area contributed by atoms with Crippen molar-refractivity contribution >= 4 is 5.82 Å². The standard InChI is InChI=1S/C12H21N3/c1-5-7-8-11-14-9(3)10(6-2)12(13-4)15-11/h5-8H2,1-4H3,(H,13,14,15). The zero-order valence-corrected chi connectivity index (χ0v) is 10.2. The Morgan fingerprint density at radius 3 is 2.47 bits per heavy atom. The Morgan fingerprint density at radius 2 is 1.93 bits per heavy atom. The van der Waals surface area contributed by atoms with Gasteiger partial charge in [0.1, 0.15) is 11.6 Å². The summed E-state index contributed by atoms with van der Waals surface area (Å²) >= 11 is 0. The molecule has 1 aromatic rings. The van der Waals surface area contributed by atoms with Crippen LogP contribution < -0.4 is 5.32 Å². The van der Waals surface area contributed by atoms with Gasteiger partial charge in [0.2, 0.25) is 0 Å². The van der Waals surface area contributed by atoms with Gasteiger partial charge in [-0.2, -0.15) is 0 Å². The Balaban J connectivity index is 2.97. The number of hydrogen-bond acceptors (Lipinski definition) is 3. The van der Waals surface area contributed by atoms with Crippen molar-refractivity contribution in [2.75, 3.05) is 12.4 Å². The quantitative estimate of drug-likeness (QED) is 0.806. The number of rotatable bonds is 5. The molecule has 84 valence electrons. The lowest BCUT2D eigenvalue weighted by atomic mass is 10.1. The second kappa shape index (κ2) is 5.69. The predicted octanol–water partition coefficient (Wildman–Crippen LogP) is 2.73. The predicted molar refractivity (Wildman–Crippen MR) is 64.3 cm³/mol. The summed E-state index contributed by atoms with van der Waals surface area (Å²) < 4.78 is 0. The topological polar surface area (TPSA) is 37.8 Å². The summed E-state index contributed by atoms with van der Waals surface area (Å²) in [6, 6.07) is 0. The van der Waals surface area contributed by atoms with E-state index in [9.17, 15) is 0 Å². The molecule has 0 radical (unpaired) electrons. The van der Waals surface area contributed by atoms with E-state index in [4.69, 9.17) is 0 Å². The number of anilines is 1. The van der Waals surface area contributed by atoms with Crippen LogP contribution in [-0.2, 0) is 12.8 Å². The van der Waals surface area contributed by atoms with E-state index < -0.39 is 0 Å². The van der Waals surface area contributed by atoms with Crippen molar-refractivity contribution in [1.29, 1.82) is 0 Å². The summed E-state index contributed by atoms with van der Waals surface area (Å²) in [5, 5.41) is 3.15. The zero-order chi connectivity index (χ0) is 11.3. The third-order valence-corrected chi connectivity index (χ3v) is 2.60. The zero-order valence-electron chi connectivity index (χ0n) is 10.2. The van der Waals surface area contributed by atoms with Crippen LogP contribution in [0.25, 0.3) is 0 Å². The van der Waals surface area contributed by atoms with Crippen molar-refractivity contribution in [1.82, 2.24) is 9.97 Å². The molecule has 1 rings (SSSR count). The molecule has 0 spiro atoms. The summed E-state index contributed by atoms with van der Waals surface area (Å²) in [5.41, 5.74) is 2.35. The summed E-state index contributed by atoms with van der Waals surface area (Å²) in [4.78, 5) is 9.08. The lowest BCUT2D eigenvalue weighted by Crippen LogP contribution is -2.07. The maximum atomic E-state index is 4.54. The van der Waals surface area contributed by atoms with E-state index in [0.717, 1.165) is 36.6 Å². The van der Waals surface area contributed by atoms with Gasteiger partial charge in [0, 0.05) is 24.7 Å². The molecule has 15 heavy (non-hydrogen) atoms. The van der Waals surface area contributed by atoms with Crippen LogP contribution in [0.2, 0.25) is 0 Å². The molecule has 0 aliphatic rings. The van der Waals surface area contributed by atoms with E-state index in [1.54, 1.807) is 0 Å². The van der Waals surface area contributed by atoms with Crippen LogP contribution in [0, 0.1) is 6.92 Å². The second-order valence-corrected chi connectivity index (χ2v) is 3.76.